The number of nitrogens with one attached hydrogen (secondary N) is 2. The molecule has 2 fully saturated rings. The number of guanidine groups is 1. The molecule has 3 rings (SSSR count). The molecule has 2 N–H and O–H groups in total. The van der Waals surface area contributed by atoms with E-state index in [-0.39, 0.29) is 30.9 Å². The van der Waals surface area contributed by atoms with Gasteiger partial charge in [0.1, 0.15) is 12.7 Å². The zero-order valence-electron chi connectivity index (χ0n) is 22.2. The monoisotopic (exact) mass is 547 g/mol. The van der Waals surface area contributed by atoms with E-state index in [1.807, 2.05) is 30.3 Å². The maximum Gasteiger partial charge on any atom is 0.303 e. The Morgan fingerprint density at radius 3 is 2.13 bits per heavy atom. The zero-order valence-corrected chi connectivity index (χ0v) is 22.2. The van der Waals surface area contributed by atoms with Gasteiger partial charge in [-0.05, 0) is 18.4 Å². The number of hydrogen-bond donors (Lipinski definition) is 2. The maximum atomic E-state index is 12.5. The van der Waals surface area contributed by atoms with Crippen molar-refractivity contribution in [2.45, 2.75) is 83.6 Å². The van der Waals surface area contributed by atoms with Gasteiger partial charge in [-0.1, -0.05) is 30.3 Å². The van der Waals surface area contributed by atoms with Crippen LogP contribution in [0.2, 0.25) is 0 Å². The fourth-order valence-electron chi connectivity index (χ4n) is 4.35. The van der Waals surface area contributed by atoms with Crippen molar-refractivity contribution in [3.05, 3.63) is 35.9 Å². The van der Waals surface area contributed by atoms with Crippen LogP contribution in [0.5, 0.6) is 0 Å². The number of amides is 1. The van der Waals surface area contributed by atoms with Crippen LogP contribution < -0.4 is 10.6 Å². The Kier molecular flexibility index (Phi) is 10.4. The van der Waals surface area contributed by atoms with E-state index in [1.54, 1.807) is 0 Å². The van der Waals surface area contributed by atoms with E-state index in [9.17, 15) is 24.0 Å². The van der Waals surface area contributed by atoms with Crippen molar-refractivity contribution < 1.29 is 47.7 Å². The first kappa shape index (κ1) is 29.6. The molecule has 2 aliphatic heterocycles. The lowest BCUT2D eigenvalue weighted by molar-refractivity contribution is -0.251. The summed E-state index contributed by atoms with van der Waals surface area (Å²) in [6.07, 6.45) is -4.92. The molecule has 13 nitrogen and oxygen atoms in total. The molecule has 0 bridgehead atoms. The van der Waals surface area contributed by atoms with Gasteiger partial charge in [-0.25, -0.2) is 4.99 Å². The van der Waals surface area contributed by atoms with E-state index >= 15 is 0 Å². The Balaban J connectivity index is 1.90. The van der Waals surface area contributed by atoms with E-state index in [4.69, 9.17) is 23.7 Å². The first-order valence-electron chi connectivity index (χ1n) is 12.5. The third-order valence-electron chi connectivity index (χ3n) is 5.88. The summed E-state index contributed by atoms with van der Waals surface area (Å²) in [5.41, 5.74) is 1.11. The Morgan fingerprint density at radius 1 is 0.897 bits per heavy atom. The van der Waals surface area contributed by atoms with E-state index in [1.165, 1.54) is 6.92 Å². The quantitative estimate of drug-likeness (QED) is 0.327. The van der Waals surface area contributed by atoms with E-state index in [2.05, 4.69) is 15.6 Å². The molecule has 2 heterocycles. The Bertz CT molecular complexity index is 1090. The molecule has 212 valence electrons. The summed E-state index contributed by atoms with van der Waals surface area (Å²) in [5, 5.41) is 5.79. The van der Waals surface area contributed by atoms with Crippen molar-refractivity contribution in [2.75, 3.05) is 6.61 Å². The van der Waals surface area contributed by atoms with Gasteiger partial charge in [0.2, 0.25) is 11.9 Å². The van der Waals surface area contributed by atoms with Crippen LogP contribution in [0.15, 0.2) is 35.3 Å². The first-order valence-corrected chi connectivity index (χ1v) is 12.5. The smallest absolute Gasteiger partial charge is 0.303 e. The number of carbonyl (C=O) groups excluding carboxylic acids is 5. The highest BCUT2D eigenvalue weighted by molar-refractivity contribution is 5.99. The van der Waals surface area contributed by atoms with Crippen LogP contribution in [0, 0.1) is 0 Å². The molecule has 1 aromatic carbocycles. The molecule has 0 radical (unpaired) electrons. The van der Waals surface area contributed by atoms with Crippen LogP contribution in [0.4, 0.5) is 0 Å². The number of rotatable bonds is 9. The third-order valence-corrected chi connectivity index (χ3v) is 5.88. The summed E-state index contributed by atoms with van der Waals surface area (Å²) in [4.78, 5) is 64.3. The number of carbonyl (C=O) groups is 5. The molecular formula is C26H33N3O10. The van der Waals surface area contributed by atoms with Crippen LogP contribution in [0.25, 0.3) is 0 Å². The first-order chi connectivity index (χ1) is 18.5. The molecule has 0 aromatic heterocycles. The Labute approximate surface area is 225 Å². The molecule has 2 saturated heterocycles. The van der Waals surface area contributed by atoms with Gasteiger partial charge in [-0.2, -0.15) is 0 Å². The minimum absolute atomic E-state index is 0.0604. The standard InChI is InChI=1S/C26H33N3O10/c1-14(30)35-13-20-22(36-15(2)31)23(37-16(3)32)24(38-17(4)33)25(39-20)29-26-27-19(12-21(34)28-26)11-10-18-8-6-5-7-9-18/h5-9,19-20,22-25H,10-13H2,1-4H3,(H2,27,28,29,34)/t19-,20+,22+,23-,24+,25-/m0/s1. The predicted octanol–water partition coefficient (Wildman–Crippen LogP) is 0.536. The average molecular weight is 548 g/mol. The zero-order chi connectivity index (χ0) is 28.5. The van der Waals surface area contributed by atoms with E-state index < -0.39 is 54.5 Å². The molecule has 1 amide bonds. The molecule has 2 aliphatic rings. The van der Waals surface area contributed by atoms with Gasteiger partial charge in [-0.15, -0.1) is 0 Å². The molecule has 0 aliphatic carbocycles. The lowest BCUT2D eigenvalue weighted by Crippen LogP contribution is -2.63. The van der Waals surface area contributed by atoms with Crippen LogP contribution in [0.3, 0.4) is 0 Å². The van der Waals surface area contributed by atoms with E-state index in [0.29, 0.717) is 6.42 Å². The van der Waals surface area contributed by atoms with Gasteiger partial charge in [0.05, 0.1) is 0 Å². The third kappa shape index (κ3) is 9.06. The lowest BCUT2D eigenvalue weighted by atomic mass is 9.97. The minimum atomic E-state index is -1.36. The normalized spacial score (nSPS) is 27.5. The fraction of sp³-hybridized carbons (Fsp3) is 0.538. The molecule has 0 unspecified atom stereocenters. The SMILES string of the molecule is CC(=O)OC[C@H]1O[C@H](/N=C2\NC(=O)C[C@H](CCc3ccccc3)N2)[C@H](OC(C)=O)[C@@H](OC(C)=O)[C@@H]1OC(C)=O. The second kappa shape index (κ2) is 13.7. The predicted molar refractivity (Wildman–Crippen MR) is 134 cm³/mol. The van der Waals surface area contributed by atoms with Gasteiger partial charge < -0.3 is 29.0 Å². The van der Waals surface area contributed by atoms with Crippen molar-refractivity contribution in [1.82, 2.24) is 10.6 Å². The maximum absolute atomic E-state index is 12.5. The largest absolute Gasteiger partial charge is 0.463 e. The Morgan fingerprint density at radius 2 is 1.51 bits per heavy atom. The van der Waals surface area contributed by atoms with Crippen LogP contribution >= 0.6 is 0 Å². The summed E-state index contributed by atoms with van der Waals surface area (Å²) < 4.78 is 27.2. The minimum Gasteiger partial charge on any atom is -0.463 e. The molecule has 0 saturated carbocycles. The van der Waals surface area contributed by atoms with Crippen molar-refractivity contribution in [3.63, 3.8) is 0 Å². The van der Waals surface area contributed by atoms with Crippen LogP contribution in [-0.4, -0.2) is 79.0 Å². The van der Waals surface area contributed by atoms with Gasteiger partial charge in [0.15, 0.2) is 24.5 Å². The van der Waals surface area contributed by atoms with Crippen molar-refractivity contribution >= 4 is 35.7 Å². The highest BCUT2D eigenvalue weighted by atomic mass is 16.7. The highest BCUT2D eigenvalue weighted by Gasteiger charge is 2.52. The molecule has 1 aromatic rings. The number of benzene rings is 1. The van der Waals surface area contributed by atoms with Crippen LogP contribution in [0.1, 0.15) is 46.1 Å². The molecule has 39 heavy (non-hydrogen) atoms. The van der Waals surface area contributed by atoms with E-state index in [0.717, 1.165) is 32.8 Å². The second-order valence-electron chi connectivity index (χ2n) is 9.19. The molecule has 0 spiro atoms. The van der Waals surface area contributed by atoms with Gasteiger partial charge in [-0.3, -0.25) is 29.3 Å². The summed E-state index contributed by atoms with van der Waals surface area (Å²) >= 11 is 0. The number of aryl methyl sites for hydroxylation is 1. The number of ether oxygens (including phenoxy) is 5. The van der Waals surface area contributed by atoms with Crippen LogP contribution in [-0.2, 0) is 54.1 Å². The topological polar surface area (TPSA) is 168 Å². The summed E-state index contributed by atoms with van der Waals surface area (Å²) in [7, 11) is 0. The molecule has 13 heteroatoms. The number of esters is 4. The number of aliphatic imine (C=N–C) groups is 1. The van der Waals surface area contributed by atoms with Crippen molar-refractivity contribution in [1.29, 1.82) is 0 Å². The Hall–Kier alpha value is -4.00. The summed E-state index contributed by atoms with van der Waals surface area (Å²) in [6.45, 7) is 4.22. The second-order valence-corrected chi connectivity index (χ2v) is 9.19. The van der Waals surface area contributed by atoms with Gasteiger partial charge in [0, 0.05) is 40.2 Å². The number of nitrogens with zero attached hydrogens (tertiary/aromatic N) is 1. The molecular weight excluding hydrogens is 514 g/mol. The van der Waals surface area contributed by atoms with Crippen molar-refractivity contribution in [2.24, 2.45) is 4.99 Å². The fourth-order valence-corrected chi connectivity index (χ4v) is 4.35. The summed E-state index contributed by atoms with van der Waals surface area (Å²) in [6, 6.07) is 9.55. The molecule has 6 atom stereocenters. The van der Waals surface area contributed by atoms with Crippen molar-refractivity contribution in [3.8, 4) is 0 Å². The average Bonchev–Trinajstić information content (AvgIpc) is 2.84. The highest BCUT2D eigenvalue weighted by Crippen LogP contribution is 2.30. The van der Waals surface area contributed by atoms with Gasteiger partial charge >= 0.3 is 23.9 Å². The summed E-state index contributed by atoms with van der Waals surface area (Å²) in [5.74, 6) is -3.08. The lowest BCUT2D eigenvalue weighted by Gasteiger charge is -2.43. The van der Waals surface area contributed by atoms with Gasteiger partial charge in [0.25, 0.3) is 0 Å². The number of hydrogen-bond acceptors (Lipinski definition) is 11.